The van der Waals surface area contributed by atoms with E-state index in [1.807, 2.05) is 50.2 Å². The summed E-state index contributed by atoms with van der Waals surface area (Å²) in [6.45, 7) is 2.18. The van der Waals surface area contributed by atoms with E-state index >= 15 is 0 Å². The molecule has 2 rings (SSSR count). The minimum Gasteiger partial charge on any atom is -0.377 e. The van der Waals surface area contributed by atoms with Crippen LogP contribution in [0.25, 0.3) is 0 Å². The molecule has 5 heteroatoms. The number of aryl methyl sites for hydroxylation is 1. The zero-order valence-corrected chi connectivity index (χ0v) is 13.1. The maximum absolute atomic E-state index is 11.8. The topological polar surface area (TPSA) is 45.2 Å². The average molecular weight is 299 g/mol. The van der Waals surface area contributed by atoms with Crippen LogP contribution in [0.1, 0.15) is 21.1 Å². The second kappa shape index (κ2) is 6.91. The molecule has 0 aliphatic heterocycles. The van der Waals surface area contributed by atoms with Crippen molar-refractivity contribution < 1.29 is 4.79 Å². The summed E-state index contributed by atoms with van der Waals surface area (Å²) in [7, 11) is 3.96. The maximum atomic E-state index is 11.8. The van der Waals surface area contributed by atoms with Crippen molar-refractivity contribution in [1.82, 2.24) is 10.3 Å². The lowest BCUT2D eigenvalue weighted by molar-refractivity contribution is 0.0954. The summed E-state index contributed by atoms with van der Waals surface area (Å²) in [5.74, 6) is 5.87. The molecule has 0 radical (unpaired) electrons. The molecule has 0 atom stereocenters. The van der Waals surface area contributed by atoms with E-state index in [1.54, 1.807) is 5.38 Å². The van der Waals surface area contributed by atoms with Crippen LogP contribution in [0.5, 0.6) is 0 Å². The van der Waals surface area contributed by atoms with Gasteiger partial charge in [-0.25, -0.2) is 4.98 Å². The van der Waals surface area contributed by atoms with Gasteiger partial charge in [0.05, 0.1) is 17.2 Å². The number of carbonyl (C=O) groups excluding carboxylic acids is 1. The number of amides is 1. The lowest BCUT2D eigenvalue weighted by Gasteiger charge is -2.13. The summed E-state index contributed by atoms with van der Waals surface area (Å²) < 4.78 is 0. The van der Waals surface area contributed by atoms with Crippen LogP contribution >= 0.6 is 11.3 Å². The van der Waals surface area contributed by atoms with Gasteiger partial charge >= 0.3 is 0 Å². The van der Waals surface area contributed by atoms with Crippen LogP contribution in [0.15, 0.2) is 29.6 Å². The predicted molar refractivity (Wildman–Crippen MR) is 86.8 cm³/mol. The Morgan fingerprint density at radius 3 is 2.81 bits per heavy atom. The standard InChI is InChI=1S/C16H17N3OS/c1-12-18-14(11-21-12)16(20)17-10-6-8-13-7-4-5-9-15(13)19(2)3/h4-5,7,9,11H,10H2,1-3H3,(H,17,20). The van der Waals surface area contributed by atoms with E-state index < -0.39 is 0 Å². The largest absolute Gasteiger partial charge is 0.377 e. The molecular weight excluding hydrogens is 282 g/mol. The molecule has 0 saturated carbocycles. The number of nitrogens with one attached hydrogen (secondary N) is 1. The number of carbonyl (C=O) groups is 1. The molecule has 0 aliphatic carbocycles. The zero-order chi connectivity index (χ0) is 15.2. The van der Waals surface area contributed by atoms with Crippen LogP contribution < -0.4 is 10.2 Å². The predicted octanol–water partition coefficient (Wildman–Crippen LogP) is 2.30. The molecule has 0 fully saturated rings. The van der Waals surface area contributed by atoms with Crippen molar-refractivity contribution >= 4 is 22.9 Å². The van der Waals surface area contributed by atoms with Crippen LogP contribution in [-0.2, 0) is 0 Å². The smallest absolute Gasteiger partial charge is 0.271 e. The molecule has 108 valence electrons. The van der Waals surface area contributed by atoms with Crippen molar-refractivity contribution in [2.75, 3.05) is 25.5 Å². The first-order valence-electron chi connectivity index (χ1n) is 6.53. The third-order valence-corrected chi connectivity index (χ3v) is 3.57. The Morgan fingerprint density at radius 1 is 1.38 bits per heavy atom. The Kier molecular flexibility index (Phi) is 4.96. The van der Waals surface area contributed by atoms with Gasteiger partial charge in [0.1, 0.15) is 5.69 Å². The minimum absolute atomic E-state index is 0.186. The summed E-state index contributed by atoms with van der Waals surface area (Å²) in [4.78, 5) is 18.0. The second-order valence-electron chi connectivity index (χ2n) is 4.65. The van der Waals surface area contributed by atoms with Crippen LogP contribution in [-0.4, -0.2) is 31.5 Å². The SMILES string of the molecule is Cc1nc(C(=O)NCC#Cc2ccccc2N(C)C)cs1. The van der Waals surface area contributed by atoms with Crippen molar-refractivity contribution in [3.8, 4) is 11.8 Å². The number of hydrogen-bond acceptors (Lipinski definition) is 4. The second-order valence-corrected chi connectivity index (χ2v) is 5.71. The lowest BCUT2D eigenvalue weighted by atomic mass is 10.1. The van der Waals surface area contributed by atoms with E-state index in [9.17, 15) is 4.79 Å². The number of nitrogens with zero attached hydrogens (tertiary/aromatic N) is 2. The Labute approximate surface area is 128 Å². The highest BCUT2D eigenvalue weighted by molar-refractivity contribution is 7.09. The van der Waals surface area contributed by atoms with Gasteiger partial charge in [0, 0.05) is 25.0 Å². The zero-order valence-electron chi connectivity index (χ0n) is 12.3. The first-order valence-corrected chi connectivity index (χ1v) is 7.41. The maximum Gasteiger partial charge on any atom is 0.271 e. The molecule has 1 N–H and O–H groups in total. The first kappa shape index (κ1) is 15.1. The summed E-state index contributed by atoms with van der Waals surface area (Å²) in [5.41, 5.74) is 2.46. The molecule has 1 heterocycles. The van der Waals surface area contributed by atoms with Crippen LogP contribution in [0.3, 0.4) is 0 Å². The molecule has 1 amide bonds. The van der Waals surface area contributed by atoms with Gasteiger partial charge in [-0.05, 0) is 19.1 Å². The minimum atomic E-state index is -0.186. The number of aromatic nitrogens is 1. The Balaban J connectivity index is 1.97. The molecule has 0 bridgehead atoms. The summed E-state index contributed by atoms with van der Waals surface area (Å²) >= 11 is 1.46. The van der Waals surface area contributed by atoms with Crippen LogP contribution in [0, 0.1) is 18.8 Å². The van der Waals surface area contributed by atoms with Crippen LogP contribution in [0.2, 0.25) is 0 Å². The molecular formula is C16H17N3OS. The molecule has 21 heavy (non-hydrogen) atoms. The lowest BCUT2D eigenvalue weighted by Crippen LogP contribution is -2.23. The molecule has 2 aromatic rings. The third-order valence-electron chi connectivity index (χ3n) is 2.80. The summed E-state index contributed by atoms with van der Waals surface area (Å²) in [6, 6.07) is 7.91. The van der Waals surface area contributed by atoms with E-state index in [4.69, 9.17) is 0 Å². The Hall–Kier alpha value is -2.32. The normalized spacial score (nSPS) is 9.67. The van der Waals surface area contributed by atoms with E-state index in [0.29, 0.717) is 12.2 Å². The van der Waals surface area contributed by atoms with E-state index in [0.717, 1.165) is 16.3 Å². The van der Waals surface area contributed by atoms with E-state index in [-0.39, 0.29) is 5.91 Å². The van der Waals surface area contributed by atoms with Crippen molar-refractivity contribution in [2.45, 2.75) is 6.92 Å². The summed E-state index contributed by atoms with van der Waals surface area (Å²) in [6.07, 6.45) is 0. The molecule has 1 aromatic heterocycles. The Morgan fingerprint density at radius 2 is 2.14 bits per heavy atom. The van der Waals surface area contributed by atoms with Crippen molar-refractivity contribution in [1.29, 1.82) is 0 Å². The van der Waals surface area contributed by atoms with Gasteiger partial charge in [0.25, 0.3) is 5.91 Å². The third kappa shape index (κ3) is 4.07. The van der Waals surface area contributed by atoms with Gasteiger partial charge in [0.2, 0.25) is 0 Å². The molecule has 0 aliphatic rings. The number of rotatable bonds is 3. The highest BCUT2D eigenvalue weighted by atomic mass is 32.1. The summed E-state index contributed by atoms with van der Waals surface area (Å²) in [5, 5.41) is 5.38. The van der Waals surface area contributed by atoms with Crippen molar-refractivity contribution in [3.05, 3.63) is 45.9 Å². The number of thiazole rings is 1. The quantitative estimate of drug-likeness (QED) is 0.885. The van der Waals surface area contributed by atoms with Gasteiger partial charge in [-0.2, -0.15) is 0 Å². The first-order chi connectivity index (χ1) is 10.1. The molecule has 0 saturated heterocycles. The fourth-order valence-electron chi connectivity index (χ4n) is 1.79. The molecule has 0 unspecified atom stereocenters. The number of anilines is 1. The van der Waals surface area contributed by atoms with Gasteiger partial charge in [-0.15, -0.1) is 11.3 Å². The fraction of sp³-hybridized carbons (Fsp3) is 0.250. The van der Waals surface area contributed by atoms with Gasteiger partial charge < -0.3 is 10.2 Å². The monoisotopic (exact) mass is 299 g/mol. The molecule has 4 nitrogen and oxygen atoms in total. The highest BCUT2D eigenvalue weighted by Crippen LogP contribution is 2.16. The highest BCUT2D eigenvalue weighted by Gasteiger charge is 2.07. The Bertz CT molecular complexity index is 695. The number of hydrogen-bond donors (Lipinski definition) is 1. The average Bonchev–Trinajstić information content (AvgIpc) is 2.90. The fourth-order valence-corrected chi connectivity index (χ4v) is 2.38. The molecule has 1 aromatic carbocycles. The van der Waals surface area contributed by atoms with Crippen LogP contribution in [0.4, 0.5) is 5.69 Å². The van der Waals surface area contributed by atoms with Gasteiger partial charge in [-0.3, -0.25) is 4.79 Å². The number of para-hydroxylation sites is 1. The van der Waals surface area contributed by atoms with Gasteiger partial charge in [-0.1, -0.05) is 24.0 Å². The van der Waals surface area contributed by atoms with E-state index in [2.05, 4.69) is 22.1 Å². The number of benzene rings is 1. The van der Waals surface area contributed by atoms with Crippen molar-refractivity contribution in [3.63, 3.8) is 0 Å². The molecule has 0 spiro atoms. The van der Waals surface area contributed by atoms with Gasteiger partial charge in [0.15, 0.2) is 0 Å². The van der Waals surface area contributed by atoms with Crippen molar-refractivity contribution in [2.24, 2.45) is 0 Å². The van der Waals surface area contributed by atoms with E-state index in [1.165, 1.54) is 11.3 Å².